The molecule has 0 radical (unpaired) electrons. The monoisotopic (exact) mass is 374 g/mol. The summed E-state index contributed by atoms with van der Waals surface area (Å²) >= 11 is 0. The van der Waals surface area contributed by atoms with Gasteiger partial charge in [-0.25, -0.2) is 8.42 Å². The van der Waals surface area contributed by atoms with E-state index in [0.29, 0.717) is 13.1 Å². The zero-order valence-electron chi connectivity index (χ0n) is 14.8. The number of carbonyl (C=O) groups excluding carboxylic acids is 1. The molecule has 3 rings (SSSR count). The van der Waals surface area contributed by atoms with Gasteiger partial charge in [0.25, 0.3) is 15.9 Å². The first-order valence-electron chi connectivity index (χ1n) is 8.35. The minimum absolute atomic E-state index is 0.00742. The number of rotatable bonds is 5. The molecule has 0 aromatic heterocycles. The van der Waals surface area contributed by atoms with E-state index in [2.05, 4.69) is 9.71 Å². The van der Waals surface area contributed by atoms with Crippen LogP contribution < -0.4 is 5.32 Å². The molecule has 2 heterocycles. The van der Waals surface area contributed by atoms with Crippen LogP contribution in [-0.4, -0.2) is 62.9 Å². The summed E-state index contributed by atoms with van der Waals surface area (Å²) in [5.41, 5.74) is 1.36. The first-order chi connectivity index (χ1) is 12.4. The number of amides is 1. The number of nitrogens with one attached hydrogen (secondary N) is 1. The SMILES string of the molecule is CN(C)C(CNC(=O)C1=CC=CN2CCS(=O)(=O)N=C12)c1ccccc1. The lowest BCUT2D eigenvalue weighted by atomic mass is 10.1. The average molecular weight is 374 g/mol. The maximum absolute atomic E-state index is 12.7. The van der Waals surface area contributed by atoms with Crippen molar-refractivity contribution in [2.24, 2.45) is 4.40 Å². The van der Waals surface area contributed by atoms with Gasteiger partial charge in [0.2, 0.25) is 0 Å². The molecule has 1 amide bonds. The van der Waals surface area contributed by atoms with Gasteiger partial charge in [-0.1, -0.05) is 30.3 Å². The molecule has 1 aromatic carbocycles. The Morgan fingerprint density at radius 2 is 2.04 bits per heavy atom. The molecule has 8 heteroatoms. The van der Waals surface area contributed by atoms with E-state index in [1.807, 2.05) is 49.3 Å². The Morgan fingerprint density at radius 3 is 2.73 bits per heavy atom. The Balaban J connectivity index is 1.76. The van der Waals surface area contributed by atoms with Gasteiger partial charge in [0.1, 0.15) is 0 Å². The van der Waals surface area contributed by atoms with E-state index in [0.717, 1.165) is 5.56 Å². The van der Waals surface area contributed by atoms with Gasteiger partial charge in [-0.15, -0.1) is 4.40 Å². The van der Waals surface area contributed by atoms with Crippen LogP contribution in [0.2, 0.25) is 0 Å². The predicted octanol–water partition coefficient (Wildman–Crippen LogP) is 0.903. The summed E-state index contributed by atoms with van der Waals surface area (Å²) < 4.78 is 27.4. The maximum Gasteiger partial charge on any atom is 0.256 e. The van der Waals surface area contributed by atoms with Gasteiger partial charge in [-0.2, -0.15) is 0 Å². The highest BCUT2D eigenvalue weighted by Gasteiger charge is 2.30. The van der Waals surface area contributed by atoms with Crippen LogP contribution in [-0.2, 0) is 14.8 Å². The first-order valence-corrected chi connectivity index (χ1v) is 9.96. The minimum Gasteiger partial charge on any atom is -0.350 e. The number of nitrogens with zero attached hydrogens (tertiary/aromatic N) is 3. The smallest absolute Gasteiger partial charge is 0.256 e. The zero-order chi connectivity index (χ0) is 18.7. The molecule has 2 aliphatic heterocycles. The van der Waals surface area contributed by atoms with Crippen LogP contribution in [0.25, 0.3) is 0 Å². The second-order valence-corrected chi connectivity index (χ2v) is 8.17. The van der Waals surface area contributed by atoms with Crippen molar-refractivity contribution in [3.63, 3.8) is 0 Å². The third-order valence-electron chi connectivity index (χ3n) is 4.37. The number of carbonyl (C=O) groups is 1. The summed E-state index contributed by atoms with van der Waals surface area (Å²) in [6, 6.07) is 9.90. The van der Waals surface area contributed by atoms with Crippen molar-refractivity contribution >= 4 is 21.8 Å². The molecule has 0 bridgehead atoms. The van der Waals surface area contributed by atoms with Crippen LogP contribution in [0.1, 0.15) is 11.6 Å². The standard InChI is InChI=1S/C18H22N4O3S/c1-21(2)16(14-7-4-3-5-8-14)13-19-18(23)15-9-6-10-22-11-12-26(24,25)20-17(15)22/h3-10,16H,11-13H2,1-2H3,(H,19,23). The topological polar surface area (TPSA) is 82.1 Å². The summed E-state index contributed by atoms with van der Waals surface area (Å²) in [6.07, 6.45) is 5.06. The normalized spacial score (nSPS) is 19.4. The quantitative estimate of drug-likeness (QED) is 0.828. The van der Waals surface area contributed by atoms with E-state index >= 15 is 0 Å². The molecule has 0 saturated carbocycles. The second kappa shape index (κ2) is 7.43. The third-order valence-corrected chi connectivity index (χ3v) is 5.52. The highest BCUT2D eigenvalue weighted by molar-refractivity contribution is 7.90. The van der Waals surface area contributed by atoms with E-state index in [1.54, 1.807) is 23.3 Å². The lowest BCUT2D eigenvalue weighted by Gasteiger charge is -2.29. The first kappa shape index (κ1) is 18.3. The van der Waals surface area contributed by atoms with E-state index < -0.39 is 10.0 Å². The van der Waals surface area contributed by atoms with Crippen LogP contribution in [0.5, 0.6) is 0 Å². The van der Waals surface area contributed by atoms with E-state index in [9.17, 15) is 13.2 Å². The van der Waals surface area contributed by atoms with Crippen LogP contribution in [0.4, 0.5) is 0 Å². The number of sulfonamides is 1. The molecule has 7 nitrogen and oxygen atoms in total. The summed E-state index contributed by atoms with van der Waals surface area (Å²) in [7, 11) is 0.377. The summed E-state index contributed by atoms with van der Waals surface area (Å²) in [5, 5.41) is 2.91. The summed E-state index contributed by atoms with van der Waals surface area (Å²) in [4.78, 5) is 16.4. The van der Waals surface area contributed by atoms with Crippen LogP contribution in [0.15, 0.2) is 58.7 Å². The number of benzene rings is 1. The fourth-order valence-corrected chi connectivity index (χ4v) is 3.94. The van der Waals surface area contributed by atoms with Gasteiger partial charge >= 0.3 is 0 Å². The summed E-state index contributed by atoms with van der Waals surface area (Å²) in [5.74, 6) is -0.192. The lowest BCUT2D eigenvalue weighted by molar-refractivity contribution is -0.117. The van der Waals surface area contributed by atoms with E-state index in [-0.39, 0.29) is 29.1 Å². The Bertz CT molecular complexity index is 873. The molecule has 2 aliphatic rings. The van der Waals surface area contributed by atoms with Crippen molar-refractivity contribution in [3.05, 3.63) is 59.8 Å². The molecule has 0 spiro atoms. The second-order valence-electron chi connectivity index (χ2n) is 6.42. The number of hydrogen-bond acceptors (Lipinski definition) is 5. The van der Waals surface area contributed by atoms with Gasteiger partial charge in [-0.3, -0.25) is 4.79 Å². The Labute approximate surface area is 153 Å². The highest BCUT2D eigenvalue weighted by Crippen LogP contribution is 2.19. The van der Waals surface area contributed by atoms with Crippen molar-refractivity contribution in [1.82, 2.24) is 15.1 Å². The van der Waals surface area contributed by atoms with E-state index in [4.69, 9.17) is 0 Å². The lowest BCUT2D eigenvalue weighted by Crippen LogP contribution is -2.43. The Hall–Kier alpha value is -2.45. The fourth-order valence-electron chi connectivity index (χ4n) is 2.95. The van der Waals surface area contributed by atoms with Crippen molar-refractivity contribution in [1.29, 1.82) is 0 Å². The van der Waals surface area contributed by atoms with Crippen LogP contribution in [0.3, 0.4) is 0 Å². The fraction of sp³-hybridized carbons (Fsp3) is 0.333. The number of fused-ring (bicyclic) bond motifs is 1. The molecular formula is C18H22N4O3S. The minimum atomic E-state index is -3.52. The highest BCUT2D eigenvalue weighted by atomic mass is 32.2. The van der Waals surface area contributed by atoms with Gasteiger partial charge in [0.05, 0.1) is 17.4 Å². The van der Waals surface area contributed by atoms with Crippen molar-refractivity contribution in [3.8, 4) is 0 Å². The zero-order valence-corrected chi connectivity index (χ0v) is 15.6. The molecule has 0 fully saturated rings. The molecule has 1 aromatic rings. The van der Waals surface area contributed by atoms with Gasteiger partial charge in [0.15, 0.2) is 5.84 Å². The molecular weight excluding hydrogens is 352 g/mol. The molecule has 26 heavy (non-hydrogen) atoms. The van der Waals surface area contributed by atoms with Gasteiger partial charge in [-0.05, 0) is 31.8 Å². The molecule has 1 atom stereocenters. The number of hydrogen-bond donors (Lipinski definition) is 1. The Morgan fingerprint density at radius 1 is 1.31 bits per heavy atom. The predicted molar refractivity (Wildman–Crippen MR) is 101 cm³/mol. The van der Waals surface area contributed by atoms with Crippen molar-refractivity contribution < 1.29 is 13.2 Å². The number of allylic oxidation sites excluding steroid dienone is 2. The van der Waals surface area contributed by atoms with Gasteiger partial charge in [0, 0.05) is 19.3 Å². The molecule has 1 N–H and O–H groups in total. The average Bonchev–Trinajstić information content (AvgIpc) is 2.61. The molecule has 1 unspecified atom stereocenters. The number of likely N-dealkylation sites (N-methyl/N-ethyl adjacent to an activating group) is 1. The number of amidine groups is 1. The molecule has 0 saturated heterocycles. The van der Waals surface area contributed by atoms with Crippen molar-refractivity contribution in [2.45, 2.75) is 6.04 Å². The third kappa shape index (κ3) is 4.03. The molecule has 138 valence electrons. The van der Waals surface area contributed by atoms with Crippen LogP contribution >= 0.6 is 0 Å². The van der Waals surface area contributed by atoms with Gasteiger partial charge < -0.3 is 15.1 Å². The largest absolute Gasteiger partial charge is 0.350 e. The Kier molecular flexibility index (Phi) is 5.24. The maximum atomic E-state index is 12.7. The van der Waals surface area contributed by atoms with E-state index in [1.165, 1.54) is 0 Å². The van der Waals surface area contributed by atoms with Crippen LogP contribution in [0, 0.1) is 0 Å². The summed E-state index contributed by atoms with van der Waals surface area (Å²) in [6.45, 7) is 0.698. The van der Waals surface area contributed by atoms with Crippen molar-refractivity contribution in [2.75, 3.05) is 32.9 Å². The molecule has 0 aliphatic carbocycles.